The summed E-state index contributed by atoms with van der Waals surface area (Å²) in [6.07, 6.45) is 2.50. The van der Waals surface area contributed by atoms with Crippen molar-refractivity contribution >= 4 is 15.9 Å². The van der Waals surface area contributed by atoms with Gasteiger partial charge in [-0.15, -0.1) is 10.2 Å². The molecule has 2 rings (SSSR count). The Bertz CT molecular complexity index is 322. The summed E-state index contributed by atoms with van der Waals surface area (Å²) in [6.45, 7) is 2.00. The van der Waals surface area contributed by atoms with Gasteiger partial charge in [0.1, 0.15) is 11.9 Å². The molecule has 1 aliphatic carbocycles. The van der Waals surface area contributed by atoms with Gasteiger partial charge in [0.25, 0.3) is 0 Å². The van der Waals surface area contributed by atoms with Crippen molar-refractivity contribution in [2.75, 3.05) is 7.11 Å². The average Bonchev–Trinajstić information content (AvgIpc) is 2.96. The first kappa shape index (κ1) is 10.1. The normalized spacial score (nSPS) is 18.5. The Balaban J connectivity index is 2.33. The first-order valence-electron chi connectivity index (χ1n) is 4.80. The second-order valence-electron chi connectivity index (χ2n) is 3.59. The van der Waals surface area contributed by atoms with Gasteiger partial charge in [-0.25, -0.2) is 0 Å². The van der Waals surface area contributed by atoms with Crippen LogP contribution in [-0.2, 0) is 10.1 Å². The minimum absolute atomic E-state index is 0.0240. The topological polar surface area (TPSA) is 39.9 Å². The molecular formula is C9H14BrN3O. The maximum Gasteiger partial charge on any atom is 0.162 e. The highest BCUT2D eigenvalue weighted by atomic mass is 79.9. The molecule has 0 bridgehead atoms. The van der Waals surface area contributed by atoms with Crippen LogP contribution in [0.15, 0.2) is 0 Å². The van der Waals surface area contributed by atoms with Crippen molar-refractivity contribution in [2.24, 2.45) is 0 Å². The molecule has 1 aliphatic rings. The zero-order valence-corrected chi connectivity index (χ0v) is 9.99. The predicted octanol–water partition coefficient (Wildman–Crippen LogP) is 2.22. The molecule has 14 heavy (non-hydrogen) atoms. The maximum absolute atomic E-state index is 5.27. The second-order valence-corrected chi connectivity index (χ2v) is 4.15. The summed E-state index contributed by atoms with van der Waals surface area (Å²) in [5.41, 5.74) is 0. The highest BCUT2D eigenvalue weighted by Crippen LogP contribution is 2.38. The quantitative estimate of drug-likeness (QED) is 0.779. The van der Waals surface area contributed by atoms with Crippen LogP contribution in [0.25, 0.3) is 0 Å². The molecule has 1 heterocycles. The van der Waals surface area contributed by atoms with E-state index in [9.17, 15) is 0 Å². The Kier molecular flexibility index (Phi) is 2.88. The largest absolute Gasteiger partial charge is 0.374 e. The number of hydrogen-bond acceptors (Lipinski definition) is 3. The lowest BCUT2D eigenvalue weighted by molar-refractivity contribution is 0.108. The van der Waals surface area contributed by atoms with E-state index < -0.39 is 0 Å². The molecule has 1 aromatic heterocycles. The molecule has 0 radical (unpaired) electrons. The lowest BCUT2D eigenvalue weighted by atomic mass is 10.3. The average molecular weight is 260 g/mol. The Morgan fingerprint density at radius 1 is 1.57 bits per heavy atom. The highest BCUT2D eigenvalue weighted by molar-refractivity contribution is 9.08. The van der Waals surface area contributed by atoms with Crippen LogP contribution in [0.2, 0.25) is 0 Å². The van der Waals surface area contributed by atoms with Gasteiger partial charge in [-0.2, -0.15) is 0 Å². The number of nitrogens with zero attached hydrogens (tertiary/aromatic N) is 3. The summed E-state index contributed by atoms with van der Waals surface area (Å²) in [5, 5.41) is 9.08. The molecule has 5 heteroatoms. The number of methoxy groups -OCH3 is 1. The van der Waals surface area contributed by atoms with E-state index in [1.54, 1.807) is 7.11 Å². The van der Waals surface area contributed by atoms with Gasteiger partial charge in [-0.05, 0) is 19.8 Å². The molecule has 0 saturated heterocycles. The van der Waals surface area contributed by atoms with Gasteiger partial charge in [0, 0.05) is 13.2 Å². The molecule has 0 N–H and O–H groups in total. The molecule has 0 aromatic carbocycles. The lowest BCUT2D eigenvalue weighted by Gasteiger charge is -2.11. The summed E-state index contributed by atoms with van der Waals surface area (Å²) in [7, 11) is 1.70. The fourth-order valence-corrected chi connectivity index (χ4v) is 1.92. The Morgan fingerprint density at radius 2 is 2.29 bits per heavy atom. The number of hydrogen-bond donors (Lipinski definition) is 0. The standard InChI is InChI=1S/C9H14BrN3O/c1-6(14-2)9-12-11-8(5-10)13(9)7-3-4-7/h6-7H,3-5H2,1-2H3. The number of alkyl halides is 1. The van der Waals surface area contributed by atoms with Crippen LogP contribution < -0.4 is 0 Å². The zero-order chi connectivity index (χ0) is 10.1. The molecule has 4 nitrogen and oxygen atoms in total. The van der Waals surface area contributed by atoms with Crippen LogP contribution in [0.1, 0.15) is 43.6 Å². The van der Waals surface area contributed by atoms with Gasteiger partial charge in [-0.1, -0.05) is 15.9 Å². The molecule has 0 aliphatic heterocycles. The molecule has 0 amide bonds. The zero-order valence-electron chi connectivity index (χ0n) is 8.40. The molecule has 1 unspecified atom stereocenters. The Labute approximate surface area is 91.8 Å². The smallest absolute Gasteiger partial charge is 0.162 e. The SMILES string of the molecule is COC(C)c1nnc(CBr)n1C1CC1. The van der Waals surface area contributed by atoms with E-state index in [0.29, 0.717) is 6.04 Å². The number of ether oxygens (including phenoxy) is 1. The van der Waals surface area contributed by atoms with Crippen LogP contribution in [-0.4, -0.2) is 21.9 Å². The second kappa shape index (κ2) is 3.98. The maximum atomic E-state index is 5.27. The molecule has 1 saturated carbocycles. The third kappa shape index (κ3) is 1.70. The van der Waals surface area contributed by atoms with Crippen molar-refractivity contribution in [3.05, 3.63) is 11.6 Å². The summed E-state index contributed by atoms with van der Waals surface area (Å²) in [5.74, 6) is 1.95. The van der Waals surface area contributed by atoms with Gasteiger partial charge >= 0.3 is 0 Å². The molecule has 0 spiro atoms. The van der Waals surface area contributed by atoms with Crippen molar-refractivity contribution in [1.82, 2.24) is 14.8 Å². The van der Waals surface area contributed by atoms with Crippen molar-refractivity contribution in [2.45, 2.75) is 37.2 Å². The summed E-state index contributed by atoms with van der Waals surface area (Å²) in [6, 6.07) is 0.602. The van der Waals surface area contributed by atoms with Crippen molar-refractivity contribution in [3.8, 4) is 0 Å². The first-order chi connectivity index (χ1) is 6.77. The molecule has 1 atom stereocenters. The van der Waals surface area contributed by atoms with Gasteiger partial charge in [-0.3, -0.25) is 0 Å². The van der Waals surface area contributed by atoms with Gasteiger partial charge < -0.3 is 9.30 Å². The third-order valence-electron chi connectivity index (χ3n) is 2.54. The van der Waals surface area contributed by atoms with Gasteiger partial charge in [0.2, 0.25) is 0 Å². The summed E-state index contributed by atoms with van der Waals surface area (Å²) in [4.78, 5) is 0. The highest BCUT2D eigenvalue weighted by Gasteiger charge is 2.30. The van der Waals surface area contributed by atoms with Gasteiger partial charge in [0.05, 0.1) is 5.33 Å². The van der Waals surface area contributed by atoms with Crippen molar-refractivity contribution in [3.63, 3.8) is 0 Å². The molecule has 1 aromatic rings. The first-order valence-corrected chi connectivity index (χ1v) is 5.92. The van der Waals surface area contributed by atoms with Crippen LogP contribution in [0.5, 0.6) is 0 Å². The van der Waals surface area contributed by atoms with E-state index in [1.165, 1.54) is 12.8 Å². The summed E-state index contributed by atoms with van der Waals surface area (Å²) < 4.78 is 7.49. The van der Waals surface area contributed by atoms with Crippen molar-refractivity contribution in [1.29, 1.82) is 0 Å². The minimum atomic E-state index is 0.0240. The minimum Gasteiger partial charge on any atom is -0.374 e. The van der Waals surface area contributed by atoms with Crippen molar-refractivity contribution < 1.29 is 4.74 Å². The van der Waals surface area contributed by atoms with E-state index in [1.807, 2.05) is 6.92 Å². The van der Waals surface area contributed by atoms with E-state index in [-0.39, 0.29) is 6.10 Å². The van der Waals surface area contributed by atoms with Crippen LogP contribution >= 0.6 is 15.9 Å². The molecular weight excluding hydrogens is 246 g/mol. The monoisotopic (exact) mass is 259 g/mol. The van der Waals surface area contributed by atoms with Crippen LogP contribution in [0, 0.1) is 0 Å². The van der Waals surface area contributed by atoms with Crippen LogP contribution in [0.4, 0.5) is 0 Å². The Morgan fingerprint density at radius 3 is 2.79 bits per heavy atom. The number of aromatic nitrogens is 3. The Hall–Kier alpha value is -0.420. The van der Waals surface area contributed by atoms with Gasteiger partial charge in [0.15, 0.2) is 5.82 Å². The lowest BCUT2D eigenvalue weighted by Crippen LogP contribution is -2.09. The predicted molar refractivity (Wildman–Crippen MR) is 56.3 cm³/mol. The van der Waals surface area contributed by atoms with Crippen LogP contribution in [0.3, 0.4) is 0 Å². The number of halogens is 1. The molecule has 1 fully saturated rings. The van der Waals surface area contributed by atoms with E-state index in [0.717, 1.165) is 17.0 Å². The third-order valence-corrected chi connectivity index (χ3v) is 3.04. The van der Waals surface area contributed by atoms with E-state index in [4.69, 9.17) is 4.74 Å². The molecule has 78 valence electrons. The fourth-order valence-electron chi connectivity index (χ4n) is 1.54. The van der Waals surface area contributed by atoms with E-state index in [2.05, 4.69) is 30.7 Å². The number of rotatable bonds is 4. The fraction of sp³-hybridized carbons (Fsp3) is 0.778. The van der Waals surface area contributed by atoms with E-state index >= 15 is 0 Å². The summed E-state index contributed by atoms with van der Waals surface area (Å²) >= 11 is 3.42.